The first kappa shape index (κ1) is 11.0. The molecule has 0 saturated heterocycles. The summed E-state index contributed by atoms with van der Waals surface area (Å²) in [5.41, 5.74) is -1.58. The van der Waals surface area contributed by atoms with Crippen molar-refractivity contribution in [3.63, 3.8) is 0 Å². The van der Waals surface area contributed by atoms with Gasteiger partial charge in [0.25, 0.3) is 5.56 Å². The third kappa shape index (κ3) is 1.72. The first-order chi connectivity index (χ1) is 6.37. The maximum absolute atomic E-state index is 11.6. The molecule has 1 N–H and O–H groups in total. The van der Waals surface area contributed by atoms with E-state index in [2.05, 4.69) is 15.9 Å². The lowest BCUT2D eigenvalue weighted by atomic mass is 10.1. The molecule has 0 aliphatic carbocycles. The lowest BCUT2D eigenvalue weighted by Crippen LogP contribution is -2.42. The number of nitrogens with zero attached hydrogens (tertiary/aromatic N) is 1. The van der Waals surface area contributed by atoms with E-state index < -0.39 is 11.5 Å². The van der Waals surface area contributed by atoms with Crippen LogP contribution >= 0.6 is 15.9 Å². The van der Waals surface area contributed by atoms with Crippen molar-refractivity contribution in [3.8, 4) is 0 Å². The molecular weight excluding hydrogens is 250 g/mol. The number of aliphatic carboxylic acids is 1. The van der Waals surface area contributed by atoms with Crippen LogP contribution in [0.5, 0.6) is 0 Å². The molecule has 1 aromatic rings. The summed E-state index contributed by atoms with van der Waals surface area (Å²) in [6.45, 7) is 2.95. The van der Waals surface area contributed by atoms with Gasteiger partial charge >= 0.3 is 5.97 Å². The molecule has 0 unspecified atom stereocenters. The standard InChI is InChI=1S/C9H10BrNO3/c1-9(2,8(13)14)11-5-3-4-6(10)7(11)12/h3-5H,1-2H3,(H,13,14). The predicted molar refractivity (Wildman–Crippen MR) is 55.4 cm³/mol. The number of carboxylic acids is 1. The molecule has 0 aliphatic heterocycles. The highest BCUT2D eigenvalue weighted by atomic mass is 79.9. The van der Waals surface area contributed by atoms with Gasteiger partial charge in [-0.25, -0.2) is 4.79 Å². The Bertz CT molecular complexity index is 422. The maximum Gasteiger partial charge on any atom is 0.329 e. The number of carbonyl (C=O) groups is 1. The van der Waals surface area contributed by atoms with Gasteiger partial charge in [0.1, 0.15) is 5.54 Å². The molecule has 0 aromatic carbocycles. The summed E-state index contributed by atoms with van der Waals surface area (Å²) in [5, 5.41) is 8.93. The van der Waals surface area contributed by atoms with Gasteiger partial charge in [-0.15, -0.1) is 0 Å². The lowest BCUT2D eigenvalue weighted by Gasteiger charge is -2.22. The first-order valence-corrected chi connectivity index (χ1v) is 4.77. The fourth-order valence-corrected chi connectivity index (χ4v) is 1.35. The first-order valence-electron chi connectivity index (χ1n) is 3.98. The van der Waals surface area contributed by atoms with Crippen molar-refractivity contribution in [2.24, 2.45) is 0 Å². The highest BCUT2D eigenvalue weighted by Gasteiger charge is 2.30. The van der Waals surface area contributed by atoms with E-state index in [9.17, 15) is 9.59 Å². The molecule has 76 valence electrons. The summed E-state index contributed by atoms with van der Waals surface area (Å²) < 4.78 is 1.54. The fraction of sp³-hybridized carbons (Fsp3) is 0.333. The zero-order valence-electron chi connectivity index (χ0n) is 7.82. The van der Waals surface area contributed by atoms with Crippen LogP contribution in [0.2, 0.25) is 0 Å². The topological polar surface area (TPSA) is 59.3 Å². The van der Waals surface area contributed by atoms with Gasteiger partial charge in [0.05, 0.1) is 4.47 Å². The molecule has 4 nitrogen and oxygen atoms in total. The summed E-state index contributed by atoms with van der Waals surface area (Å²) >= 11 is 3.06. The highest BCUT2D eigenvalue weighted by Crippen LogP contribution is 2.13. The van der Waals surface area contributed by atoms with Crippen molar-refractivity contribution < 1.29 is 9.90 Å². The van der Waals surface area contributed by atoms with Crippen LogP contribution in [0.4, 0.5) is 0 Å². The minimum absolute atomic E-state index is 0.347. The fourth-order valence-electron chi connectivity index (χ4n) is 1.01. The van der Waals surface area contributed by atoms with Gasteiger partial charge in [0.15, 0.2) is 0 Å². The van der Waals surface area contributed by atoms with E-state index in [4.69, 9.17) is 5.11 Å². The van der Waals surface area contributed by atoms with Crippen molar-refractivity contribution in [1.29, 1.82) is 0 Å². The number of hydrogen-bond acceptors (Lipinski definition) is 2. The van der Waals surface area contributed by atoms with Crippen molar-refractivity contribution >= 4 is 21.9 Å². The van der Waals surface area contributed by atoms with Crippen LogP contribution in [-0.4, -0.2) is 15.6 Å². The Kier molecular flexibility index (Phi) is 2.80. The Morgan fingerprint density at radius 2 is 2.14 bits per heavy atom. The molecule has 0 saturated carbocycles. The Labute approximate surface area is 89.3 Å². The van der Waals surface area contributed by atoms with Crippen LogP contribution in [0.3, 0.4) is 0 Å². The average molecular weight is 260 g/mol. The molecule has 5 heteroatoms. The summed E-state index contributed by atoms with van der Waals surface area (Å²) in [6.07, 6.45) is 1.46. The largest absolute Gasteiger partial charge is 0.480 e. The molecule has 1 rings (SSSR count). The normalized spacial score (nSPS) is 11.4. The molecule has 0 amide bonds. The van der Waals surface area contributed by atoms with Gasteiger partial charge in [-0.05, 0) is 41.9 Å². The average Bonchev–Trinajstić information content (AvgIpc) is 2.09. The summed E-state index contributed by atoms with van der Waals surface area (Å²) in [4.78, 5) is 22.5. The second-order valence-corrected chi connectivity index (χ2v) is 4.25. The smallest absolute Gasteiger partial charge is 0.329 e. The van der Waals surface area contributed by atoms with E-state index in [-0.39, 0.29) is 5.56 Å². The van der Waals surface area contributed by atoms with Gasteiger partial charge in [-0.2, -0.15) is 0 Å². The Morgan fingerprint density at radius 1 is 1.57 bits per heavy atom. The third-order valence-electron chi connectivity index (χ3n) is 2.03. The molecule has 0 bridgehead atoms. The van der Waals surface area contributed by atoms with Crippen molar-refractivity contribution in [1.82, 2.24) is 4.57 Å². The van der Waals surface area contributed by atoms with E-state index >= 15 is 0 Å². The van der Waals surface area contributed by atoms with E-state index in [1.54, 1.807) is 12.1 Å². The number of rotatable bonds is 2. The molecule has 0 spiro atoms. The van der Waals surface area contributed by atoms with Crippen molar-refractivity contribution in [2.45, 2.75) is 19.4 Å². The quantitative estimate of drug-likeness (QED) is 0.875. The van der Waals surface area contributed by atoms with Crippen LogP contribution in [0.15, 0.2) is 27.6 Å². The van der Waals surface area contributed by atoms with Gasteiger partial charge in [-0.1, -0.05) is 0 Å². The molecule has 0 fully saturated rings. The van der Waals surface area contributed by atoms with Crippen LogP contribution in [0.1, 0.15) is 13.8 Å². The molecule has 14 heavy (non-hydrogen) atoms. The maximum atomic E-state index is 11.6. The van der Waals surface area contributed by atoms with Gasteiger partial charge in [0.2, 0.25) is 0 Å². The molecule has 1 aromatic heterocycles. The highest BCUT2D eigenvalue weighted by molar-refractivity contribution is 9.10. The van der Waals surface area contributed by atoms with Crippen LogP contribution in [0, 0.1) is 0 Å². The Hall–Kier alpha value is -1.10. The van der Waals surface area contributed by atoms with Crippen LogP contribution in [-0.2, 0) is 10.3 Å². The lowest BCUT2D eigenvalue weighted by molar-refractivity contribution is -0.145. The zero-order valence-corrected chi connectivity index (χ0v) is 9.41. The van der Waals surface area contributed by atoms with Crippen LogP contribution < -0.4 is 5.56 Å². The van der Waals surface area contributed by atoms with E-state index in [1.165, 1.54) is 24.6 Å². The van der Waals surface area contributed by atoms with Gasteiger partial charge < -0.3 is 5.11 Å². The summed E-state index contributed by atoms with van der Waals surface area (Å²) in [5.74, 6) is -1.04. The Morgan fingerprint density at radius 3 is 2.64 bits per heavy atom. The molecule has 0 atom stereocenters. The minimum Gasteiger partial charge on any atom is -0.480 e. The molecule has 0 radical (unpaired) electrons. The number of hydrogen-bond donors (Lipinski definition) is 1. The third-order valence-corrected chi connectivity index (χ3v) is 2.63. The zero-order chi connectivity index (χ0) is 10.9. The number of pyridine rings is 1. The van der Waals surface area contributed by atoms with Gasteiger partial charge in [0, 0.05) is 6.20 Å². The van der Waals surface area contributed by atoms with E-state index in [1.807, 2.05) is 0 Å². The number of halogens is 1. The van der Waals surface area contributed by atoms with Crippen molar-refractivity contribution in [2.75, 3.05) is 0 Å². The van der Waals surface area contributed by atoms with Crippen LogP contribution in [0.25, 0.3) is 0 Å². The monoisotopic (exact) mass is 259 g/mol. The second kappa shape index (κ2) is 3.57. The number of aromatic nitrogens is 1. The van der Waals surface area contributed by atoms with E-state index in [0.717, 1.165) is 0 Å². The van der Waals surface area contributed by atoms with E-state index in [0.29, 0.717) is 4.47 Å². The minimum atomic E-state index is -1.24. The summed E-state index contributed by atoms with van der Waals surface area (Å²) in [6, 6.07) is 3.20. The second-order valence-electron chi connectivity index (χ2n) is 3.40. The Balaban J connectivity index is 3.41. The van der Waals surface area contributed by atoms with Crippen molar-refractivity contribution in [3.05, 3.63) is 33.2 Å². The molecule has 0 aliphatic rings. The predicted octanol–water partition coefficient (Wildman–Crippen LogP) is 1.43. The SMILES string of the molecule is CC(C)(C(=O)O)n1cccc(Br)c1=O. The summed E-state index contributed by atoms with van der Waals surface area (Å²) in [7, 11) is 0. The number of carboxylic acid groups (broad SMARTS) is 1. The van der Waals surface area contributed by atoms with Gasteiger partial charge in [-0.3, -0.25) is 9.36 Å². The molecular formula is C9H10BrNO3. The molecule has 1 heterocycles.